The van der Waals surface area contributed by atoms with Crippen LogP contribution in [0.5, 0.6) is 5.75 Å². The smallest absolute Gasteiger partial charge is 0.167 e. The van der Waals surface area contributed by atoms with Gasteiger partial charge in [0.15, 0.2) is 11.6 Å². The zero-order valence-electron chi connectivity index (χ0n) is 12.2. The second-order valence-electron chi connectivity index (χ2n) is 5.58. The van der Waals surface area contributed by atoms with Crippen molar-refractivity contribution in [2.24, 2.45) is 0 Å². The molecule has 1 aromatic heterocycles. The number of benzene rings is 1. The van der Waals surface area contributed by atoms with E-state index in [4.69, 9.17) is 4.74 Å². The molecule has 0 aliphatic rings. The standard InChI is InChI=1S/C15H19FN2OS/c1-15(2,3)13-9-20-14(18-13)8-17-10-5-6-12(19-4)11(16)7-10/h5-7,9,17H,8H2,1-4H3. The van der Waals surface area contributed by atoms with E-state index in [2.05, 4.69) is 36.5 Å². The SMILES string of the molecule is COc1ccc(NCc2nc(C(C)(C)C)cs2)cc1F. The second-order valence-corrected chi connectivity index (χ2v) is 6.52. The molecular weight excluding hydrogens is 275 g/mol. The van der Waals surface area contributed by atoms with Gasteiger partial charge in [-0.3, -0.25) is 0 Å². The van der Waals surface area contributed by atoms with Crippen molar-refractivity contribution in [2.75, 3.05) is 12.4 Å². The number of hydrogen-bond donors (Lipinski definition) is 1. The first-order valence-corrected chi connectivity index (χ1v) is 7.30. The number of rotatable bonds is 4. The van der Waals surface area contributed by atoms with Gasteiger partial charge in [0.25, 0.3) is 0 Å². The Balaban J connectivity index is 2.02. The third-order valence-electron chi connectivity index (χ3n) is 2.92. The van der Waals surface area contributed by atoms with E-state index in [9.17, 15) is 4.39 Å². The lowest BCUT2D eigenvalue weighted by molar-refractivity contribution is 0.386. The molecule has 0 amide bonds. The summed E-state index contributed by atoms with van der Waals surface area (Å²) in [6.07, 6.45) is 0. The molecule has 2 aromatic rings. The van der Waals surface area contributed by atoms with Gasteiger partial charge in [0.05, 0.1) is 19.3 Å². The molecule has 108 valence electrons. The van der Waals surface area contributed by atoms with E-state index in [0.717, 1.165) is 16.4 Å². The molecule has 1 aromatic carbocycles. The van der Waals surface area contributed by atoms with E-state index >= 15 is 0 Å². The second kappa shape index (κ2) is 5.79. The fraction of sp³-hybridized carbons (Fsp3) is 0.400. The summed E-state index contributed by atoms with van der Waals surface area (Å²) < 4.78 is 18.4. The highest BCUT2D eigenvalue weighted by Crippen LogP contribution is 2.25. The van der Waals surface area contributed by atoms with Crippen molar-refractivity contribution in [3.05, 3.63) is 40.1 Å². The summed E-state index contributed by atoms with van der Waals surface area (Å²) in [5.74, 6) is -0.119. The monoisotopic (exact) mass is 294 g/mol. The number of aromatic nitrogens is 1. The van der Waals surface area contributed by atoms with Gasteiger partial charge in [-0.2, -0.15) is 0 Å². The van der Waals surface area contributed by atoms with Gasteiger partial charge in [0.1, 0.15) is 5.01 Å². The maximum atomic E-state index is 13.6. The van der Waals surface area contributed by atoms with Crippen molar-refractivity contribution >= 4 is 17.0 Å². The van der Waals surface area contributed by atoms with Crippen LogP contribution in [0.25, 0.3) is 0 Å². The number of nitrogens with zero attached hydrogens (tertiary/aromatic N) is 1. The maximum Gasteiger partial charge on any atom is 0.167 e. The fourth-order valence-corrected chi connectivity index (χ4v) is 2.65. The van der Waals surface area contributed by atoms with Crippen LogP contribution in [-0.2, 0) is 12.0 Å². The molecule has 0 bridgehead atoms. The van der Waals surface area contributed by atoms with Crippen LogP contribution in [0.1, 0.15) is 31.5 Å². The molecule has 1 heterocycles. The highest BCUT2D eigenvalue weighted by molar-refractivity contribution is 7.09. The van der Waals surface area contributed by atoms with Gasteiger partial charge >= 0.3 is 0 Å². The van der Waals surface area contributed by atoms with E-state index in [1.54, 1.807) is 23.5 Å². The third-order valence-corrected chi connectivity index (χ3v) is 3.76. The van der Waals surface area contributed by atoms with Gasteiger partial charge in [0.2, 0.25) is 0 Å². The van der Waals surface area contributed by atoms with Crippen LogP contribution >= 0.6 is 11.3 Å². The van der Waals surface area contributed by atoms with Crippen LogP contribution in [0.3, 0.4) is 0 Å². The molecule has 0 aliphatic heterocycles. The van der Waals surface area contributed by atoms with Crippen molar-refractivity contribution in [1.82, 2.24) is 4.98 Å². The summed E-state index contributed by atoms with van der Waals surface area (Å²) in [5, 5.41) is 6.24. The highest BCUT2D eigenvalue weighted by Gasteiger charge is 2.17. The minimum atomic E-state index is -0.369. The van der Waals surface area contributed by atoms with Crippen molar-refractivity contribution in [2.45, 2.75) is 32.7 Å². The summed E-state index contributed by atoms with van der Waals surface area (Å²) >= 11 is 1.62. The maximum absolute atomic E-state index is 13.6. The molecule has 1 N–H and O–H groups in total. The average Bonchev–Trinajstić information content (AvgIpc) is 2.85. The molecule has 0 atom stereocenters. The Labute approximate surface area is 122 Å². The summed E-state index contributed by atoms with van der Waals surface area (Å²) in [6.45, 7) is 7.00. The topological polar surface area (TPSA) is 34.1 Å². The van der Waals surface area contributed by atoms with Gasteiger partial charge in [0, 0.05) is 22.5 Å². The zero-order chi connectivity index (χ0) is 14.8. The number of hydrogen-bond acceptors (Lipinski definition) is 4. The lowest BCUT2D eigenvalue weighted by Gasteiger charge is -2.14. The van der Waals surface area contributed by atoms with Gasteiger partial charge < -0.3 is 10.1 Å². The lowest BCUT2D eigenvalue weighted by atomic mass is 9.93. The number of ether oxygens (including phenoxy) is 1. The minimum absolute atomic E-state index is 0.0565. The van der Waals surface area contributed by atoms with Gasteiger partial charge in [-0.05, 0) is 12.1 Å². The first-order valence-electron chi connectivity index (χ1n) is 6.42. The van der Waals surface area contributed by atoms with Crippen molar-refractivity contribution in [3.8, 4) is 5.75 Å². The van der Waals surface area contributed by atoms with Crippen LogP contribution < -0.4 is 10.1 Å². The zero-order valence-corrected chi connectivity index (χ0v) is 13.0. The Morgan fingerprint density at radius 3 is 2.65 bits per heavy atom. The Morgan fingerprint density at radius 1 is 1.35 bits per heavy atom. The molecule has 0 saturated carbocycles. The minimum Gasteiger partial charge on any atom is -0.494 e. The Bertz CT molecular complexity index is 590. The largest absolute Gasteiger partial charge is 0.494 e. The van der Waals surface area contributed by atoms with Gasteiger partial charge in [-0.15, -0.1) is 11.3 Å². The van der Waals surface area contributed by atoms with E-state index in [1.807, 2.05) is 0 Å². The summed E-state index contributed by atoms with van der Waals surface area (Å²) in [6, 6.07) is 4.83. The summed E-state index contributed by atoms with van der Waals surface area (Å²) in [7, 11) is 1.45. The van der Waals surface area contributed by atoms with Crippen molar-refractivity contribution in [3.63, 3.8) is 0 Å². The Hall–Kier alpha value is -1.62. The third kappa shape index (κ3) is 3.48. The van der Waals surface area contributed by atoms with Crippen LogP contribution in [0.4, 0.5) is 10.1 Å². The molecule has 0 radical (unpaired) electrons. The summed E-state index contributed by atoms with van der Waals surface area (Å²) in [4.78, 5) is 4.59. The average molecular weight is 294 g/mol. The molecule has 0 spiro atoms. The van der Waals surface area contributed by atoms with Gasteiger partial charge in [-0.1, -0.05) is 20.8 Å². The fourth-order valence-electron chi connectivity index (χ4n) is 1.69. The first kappa shape index (κ1) is 14.8. The van der Waals surface area contributed by atoms with Crippen LogP contribution in [-0.4, -0.2) is 12.1 Å². The quantitative estimate of drug-likeness (QED) is 0.917. The number of thiazole rings is 1. The normalized spacial score (nSPS) is 11.4. The van der Waals surface area contributed by atoms with Crippen LogP contribution in [0.2, 0.25) is 0 Å². The Kier molecular flexibility index (Phi) is 4.28. The summed E-state index contributed by atoms with van der Waals surface area (Å²) in [5.41, 5.74) is 1.86. The predicted molar refractivity (Wildman–Crippen MR) is 81.1 cm³/mol. The lowest BCUT2D eigenvalue weighted by Crippen LogP contribution is -2.11. The Morgan fingerprint density at radius 2 is 2.10 bits per heavy atom. The number of methoxy groups -OCH3 is 1. The number of halogens is 1. The number of anilines is 1. The molecule has 0 fully saturated rings. The molecule has 3 nitrogen and oxygen atoms in total. The molecule has 0 aliphatic carbocycles. The van der Waals surface area contributed by atoms with E-state index in [1.165, 1.54) is 13.2 Å². The molecule has 0 saturated heterocycles. The molecular formula is C15H19FN2OS. The molecule has 20 heavy (non-hydrogen) atoms. The van der Waals surface area contributed by atoms with Crippen molar-refractivity contribution in [1.29, 1.82) is 0 Å². The van der Waals surface area contributed by atoms with Crippen molar-refractivity contribution < 1.29 is 9.13 Å². The highest BCUT2D eigenvalue weighted by atomic mass is 32.1. The van der Waals surface area contributed by atoms with Crippen LogP contribution in [0.15, 0.2) is 23.6 Å². The first-order chi connectivity index (χ1) is 9.40. The predicted octanol–water partition coefficient (Wildman–Crippen LogP) is 4.20. The van der Waals surface area contributed by atoms with E-state index < -0.39 is 0 Å². The molecule has 5 heteroatoms. The van der Waals surface area contributed by atoms with Gasteiger partial charge in [-0.25, -0.2) is 9.37 Å². The van der Waals surface area contributed by atoms with Crippen LogP contribution in [0, 0.1) is 5.82 Å². The van der Waals surface area contributed by atoms with E-state index in [0.29, 0.717) is 6.54 Å². The molecule has 0 unspecified atom stereocenters. The number of nitrogens with one attached hydrogen (secondary N) is 1. The van der Waals surface area contributed by atoms with E-state index in [-0.39, 0.29) is 17.0 Å². The molecule has 2 rings (SSSR count).